The number of Topliss-reactive ketones (excluding diaryl/α,β-unsaturated/α-hetero) is 1. The maximum atomic E-state index is 12.2. The van der Waals surface area contributed by atoms with Gasteiger partial charge in [0.05, 0.1) is 17.0 Å². The van der Waals surface area contributed by atoms with Crippen LogP contribution in [-0.2, 0) is 6.42 Å². The topological polar surface area (TPSA) is 47.8 Å². The van der Waals surface area contributed by atoms with Gasteiger partial charge >= 0.3 is 0 Å². The summed E-state index contributed by atoms with van der Waals surface area (Å²) in [4.78, 5) is 16.5. The molecule has 0 atom stereocenters. The summed E-state index contributed by atoms with van der Waals surface area (Å²) >= 11 is 0. The molecule has 98 valence electrons. The van der Waals surface area contributed by atoms with E-state index >= 15 is 0 Å². The summed E-state index contributed by atoms with van der Waals surface area (Å²) in [7, 11) is 0. The summed E-state index contributed by atoms with van der Waals surface area (Å²) in [5, 5.41) is 4.65. The fourth-order valence-corrected chi connectivity index (χ4v) is 2.62. The molecule has 4 nitrogen and oxygen atoms in total. The molecular weight excluding hydrogens is 238 g/mol. The molecule has 0 unspecified atom stereocenters. The molecule has 1 aliphatic rings. The molecular formula is C15H17N3O. The quantitative estimate of drug-likeness (QED) is 0.829. The van der Waals surface area contributed by atoms with Gasteiger partial charge in [0.1, 0.15) is 0 Å². The first-order valence-corrected chi connectivity index (χ1v) is 6.75. The number of rotatable bonds is 2. The SMILES string of the molecule is CC(C)c1nn(-c2ccccn2)c2c1C(=O)CCC2. The molecule has 2 aromatic rings. The summed E-state index contributed by atoms with van der Waals surface area (Å²) in [6, 6.07) is 5.75. The Balaban J connectivity index is 2.22. The smallest absolute Gasteiger partial charge is 0.166 e. The summed E-state index contributed by atoms with van der Waals surface area (Å²) in [5.41, 5.74) is 2.77. The van der Waals surface area contributed by atoms with E-state index in [1.807, 2.05) is 22.9 Å². The van der Waals surface area contributed by atoms with Crippen molar-refractivity contribution in [2.24, 2.45) is 0 Å². The summed E-state index contributed by atoms with van der Waals surface area (Å²) in [6.45, 7) is 4.15. The van der Waals surface area contributed by atoms with E-state index in [0.29, 0.717) is 6.42 Å². The second-order valence-electron chi connectivity index (χ2n) is 5.24. The van der Waals surface area contributed by atoms with Crippen molar-refractivity contribution in [1.82, 2.24) is 14.8 Å². The lowest BCUT2D eigenvalue weighted by atomic mass is 9.91. The predicted octanol–water partition coefficient (Wildman–Crippen LogP) is 2.91. The highest BCUT2D eigenvalue weighted by Crippen LogP contribution is 2.30. The second kappa shape index (κ2) is 4.61. The fraction of sp³-hybridized carbons (Fsp3) is 0.400. The molecule has 0 aliphatic heterocycles. The molecule has 2 aromatic heterocycles. The van der Waals surface area contributed by atoms with Crippen LogP contribution in [0.5, 0.6) is 0 Å². The molecule has 0 amide bonds. The van der Waals surface area contributed by atoms with Gasteiger partial charge in [0, 0.05) is 12.6 Å². The number of fused-ring (bicyclic) bond motifs is 1. The Morgan fingerprint density at radius 3 is 2.79 bits per heavy atom. The normalized spacial score (nSPS) is 14.8. The first-order chi connectivity index (χ1) is 9.18. The van der Waals surface area contributed by atoms with Crippen LogP contribution in [0.2, 0.25) is 0 Å². The molecule has 4 heteroatoms. The van der Waals surface area contributed by atoms with Crippen LogP contribution >= 0.6 is 0 Å². The molecule has 0 radical (unpaired) electrons. The average molecular weight is 255 g/mol. The van der Waals surface area contributed by atoms with E-state index in [-0.39, 0.29) is 11.7 Å². The Kier molecular flexibility index (Phi) is 2.93. The molecule has 2 heterocycles. The Labute approximate surface area is 112 Å². The third kappa shape index (κ3) is 1.97. The standard InChI is InChI=1S/C15H17N3O/c1-10(2)15-14-11(6-5-7-12(14)19)18(17-15)13-8-3-4-9-16-13/h3-4,8-10H,5-7H2,1-2H3. The van der Waals surface area contributed by atoms with Gasteiger partial charge in [-0.1, -0.05) is 19.9 Å². The molecule has 19 heavy (non-hydrogen) atoms. The van der Waals surface area contributed by atoms with Crippen LogP contribution < -0.4 is 0 Å². The van der Waals surface area contributed by atoms with Gasteiger partial charge in [-0.2, -0.15) is 5.10 Å². The minimum absolute atomic E-state index is 0.229. The zero-order valence-electron chi connectivity index (χ0n) is 11.3. The van der Waals surface area contributed by atoms with Crippen LogP contribution in [-0.4, -0.2) is 20.5 Å². The zero-order chi connectivity index (χ0) is 13.4. The van der Waals surface area contributed by atoms with Crippen molar-refractivity contribution in [2.45, 2.75) is 39.0 Å². The predicted molar refractivity (Wildman–Crippen MR) is 72.7 cm³/mol. The van der Waals surface area contributed by atoms with Crippen molar-refractivity contribution in [1.29, 1.82) is 0 Å². The molecule has 3 rings (SSSR count). The molecule has 0 N–H and O–H groups in total. The highest BCUT2D eigenvalue weighted by Gasteiger charge is 2.28. The van der Waals surface area contributed by atoms with E-state index in [9.17, 15) is 4.79 Å². The fourth-order valence-electron chi connectivity index (χ4n) is 2.62. The van der Waals surface area contributed by atoms with Gasteiger partial charge < -0.3 is 0 Å². The van der Waals surface area contributed by atoms with Crippen LogP contribution in [0.1, 0.15) is 54.4 Å². The van der Waals surface area contributed by atoms with E-state index in [1.54, 1.807) is 6.20 Å². The number of nitrogens with zero attached hydrogens (tertiary/aromatic N) is 3. The molecule has 0 aromatic carbocycles. The van der Waals surface area contributed by atoms with Gasteiger partial charge in [-0.05, 0) is 30.9 Å². The van der Waals surface area contributed by atoms with Gasteiger partial charge in [-0.15, -0.1) is 0 Å². The highest BCUT2D eigenvalue weighted by atomic mass is 16.1. The monoisotopic (exact) mass is 255 g/mol. The number of hydrogen-bond donors (Lipinski definition) is 0. The van der Waals surface area contributed by atoms with E-state index in [1.165, 1.54) is 0 Å². The largest absolute Gasteiger partial charge is 0.294 e. The summed E-state index contributed by atoms with van der Waals surface area (Å²) in [6.07, 6.45) is 4.20. The van der Waals surface area contributed by atoms with Crippen molar-refractivity contribution >= 4 is 5.78 Å². The van der Waals surface area contributed by atoms with Crippen molar-refractivity contribution < 1.29 is 4.79 Å². The summed E-state index contributed by atoms with van der Waals surface area (Å²) < 4.78 is 1.85. The third-order valence-corrected chi connectivity index (χ3v) is 3.52. The molecule has 1 aliphatic carbocycles. The number of hydrogen-bond acceptors (Lipinski definition) is 3. The van der Waals surface area contributed by atoms with Gasteiger partial charge in [0.15, 0.2) is 11.6 Å². The maximum Gasteiger partial charge on any atom is 0.166 e. The van der Waals surface area contributed by atoms with E-state index < -0.39 is 0 Å². The minimum atomic E-state index is 0.229. The van der Waals surface area contributed by atoms with E-state index in [2.05, 4.69) is 23.9 Å². The second-order valence-corrected chi connectivity index (χ2v) is 5.24. The molecule has 0 bridgehead atoms. The van der Waals surface area contributed by atoms with E-state index in [0.717, 1.165) is 35.6 Å². The lowest BCUT2D eigenvalue weighted by molar-refractivity contribution is 0.0971. The van der Waals surface area contributed by atoms with Crippen LogP contribution in [0.4, 0.5) is 0 Å². The molecule has 0 saturated heterocycles. The average Bonchev–Trinajstić information content (AvgIpc) is 2.81. The first kappa shape index (κ1) is 12.1. The van der Waals surface area contributed by atoms with Gasteiger partial charge in [0.25, 0.3) is 0 Å². The Hall–Kier alpha value is -1.97. The lowest BCUT2D eigenvalue weighted by Crippen LogP contribution is -2.14. The Bertz CT molecular complexity index is 614. The van der Waals surface area contributed by atoms with Crippen LogP contribution in [0.3, 0.4) is 0 Å². The Morgan fingerprint density at radius 1 is 1.26 bits per heavy atom. The van der Waals surface area contributed by atoms with E-state index in [4.69, 9.17) is 0 Å². The highest BCUT2D eigenvalue weighted by molar-refractivity contribution is 5.99. The number of aromatic nitrogens is 3. The number of ketones is 1. The van der Waals surface area contributed by atoms with Crippen molar-refractivity contribution in [3.63, 3.8) is 0 Å². The van der Waals surface area contributed by atoms with Gasteiger partial charge in [-0.25, -0.2) is 9.67 Å². The number of carbonyl (C=O) groups excluding carboxylic acids is 1. The van der Waals surface area contributed by atoms with Crippen molar-refractivity contribution in [3.05, 3.63) is 41.3 Å². The third-order valence-electron chi connectivity index (χ3n) is 3.52. The van der Waals surface area contributed by atoms with Crippen LogP contribution in [0, 0.1) is 0 Å². The zero-order valence-corrected chi connectivity index (χ0v) is 11.3. The number of pyridine rings is 1. The molecule has 0 fully saturated rings. The first-order valence-electron chi connectivity index (χ1n) is 6.75. The molecule has 0 spiro atoms. The summed E-state index contributed by atoms with van der Waals surface area (Å²) in [5.74, 6) is 1.27. The van der Waals surface area contributed by atoms with Crippen LogP contribution in [0.15, 0.2) is 24.4 Å². The Morgan fingerprint density at radius 2 is 2.11 bits per heavy atom. The molecule has 0 saturated carbocycles. The minimum Gasteiger partial charge on any atom is -0.294 e. The number of carbonyl (C=O) groups is 1. The maximum absolute atomic E-state index is 12.2. The van der Waals surface area contributed by atoms with Gasteiger partial charge in [-0.3, -0.25) is 4.79 Å². The van der Waals surface area contributed by atoms with Crippen molar-refractivity contribution in [2.75, 3.05) is 0 Å². The van der Waals surface area contributed by atoms with Crippen LogP contribution in [0.25, 0.3) is 5.82 Å². The van der Waals surface area contributed by atoms with Gasteiger partial charge in [0.2, 0.25) is 0 Å². The lowest BCUT2D eigenvalue weighted by Gasteiger charge is -2.13. The van der Waals surface area contributed by atoms with Crippen molar-refractivity contribution in [3.8, 4) is 5.82 Å².